The number of nitrogens with zero attached hydrogens (tertiary/aromatic N) is 2. The number of carbonyl (C=O) groups excluding carboxylic acids is 2. The van der Waals surface area contributed by atoms with Gasteiger partial charge < -0.3 is 20.1 Å². The Bertz CT molecular complexity index is 843. The minimum Gasteiger partial charge on any atom is -0.333 e. The third kappa shape index (κ3) is 3.16. The van der Waals surface area contributed by atoms with Crippen molar-refractivity contribution < 1.29 is 9.59 Å². The van der Waals surface area contributed by atoms with Gasteiger partial charge in [-0.05, 0) is 50.2 Å². The summed E-state index contributed by atoms with van der Waals surface area (Å²) in [4.78, 5) is 42.4. The third-order valence-corrected chi connectivity index (χ3v) is 4.41. The molecule has 7 heteroatoms. The number of H-pyrrole nitrogens is 1. The van der Waals surface area contributed by atoms with Crippen LogP contribution in [0.2, 0.25) is 0 Å². The maximum atomic E-state index is 12.3. The van der Waals surface area contributed by atoms with E-state index in [0.717, 1.165) is 6.42 Å². The second-order valence-electron chi connectivity index (χ2n) is 6.22. The van der Waals surface area contributed by atoms with E-state index in [1.807, 2.05) is 14.1 Å². The van der Waals surface area contributed by atoms with Crippen LogP contribution < -0.4 is 10.9 Å². The van der Waals surface area contributed by atoms with Gasteiger partial charge in [-0.2, -0.15) is 0 Å². The third-order valence-electron chi connectivity index (χ3n) is 4.41. The summed E-state index contributed by atoms with van der Waals surface area (Å²) < 4.78 is 0. The van der Waals surface area contributed by atoms with Crippen molar-refractivity contribution in [2.24, 2.45) is 0 Å². The summed E-state index contributed by atoms with van der Waals surface area (Å²) in [5.74, 6) is -1.18. The molecule has 0 radical (unpaired) electrons. The van der Waals surface area contributed by atoms with Crippen LogP contribution >= 0.6 is 0 Å². The number of carbonyl (C=O) groups is 2. The van der Waals surface area contributed by atoms with Crippen molar-refractivity contribution in [3.63, 3.8) is 0 Å². The Kier molecular flexibility index (Phi) is 4.35. The Morgan fingerprint density at radius 2 is 2.08 bits per heavy atom. The molecule has 1 atom stereocenters. The van der Waals surface area contributed by atoms with E-state index in [-0.39, 0.29) is 11.6 Å². The Morgan fingerprint density at radius 3 is 2.79 bits per heavy atom. The van der Waals surface area contributed by atoms with E-state index in [0.29, 0.717) is 29.5 Å². The molecular formula is C17H20N4O3. The van der Waals surface area contributed by atoms with E-state index in [1.54, 1.807) is 35.4 Å². The SMILES string of the molecule is CN(C)C1CCN(C(=O)C(=O)Nc2ccc3c(=O)[nH]ccc3c2)C1. The number of benzene rings is 1. The fraction of sp³-hybridized carbons (Fsp3) is 0.353. The smallest absolute Gasteiger partial charge is 0.313 e. The molecule has 1 aromatic carbocycles. The molecule has 0 aliphatic carbocycles. The monoisotopic (exact) mass is 328 g/mol. The highest BCUT2D eigenvalue weighted by molar-refractivity contribution is 6.39. The highest BCUT2D eigenvalue weighted by Gasteiger charge is 2.30. The summed E-state index contributed by atoms with van der Waals surface area (Å²) in [6, 6.07) is 6.97. The molecule has 126 valence electrons. The van der Waals surface area contributed by atoms with E-state index < -0.39 is 11.8 Å². The molecule has 2 N–H and O–H groups in total. The normalized spacial score (nSPS) is 17.5. The molecule has 1 aliphatic heterocycles. The van der Waals surface area contributed by atoms with E-state index in [2.05, 4.69) is 15.2 Å². The Hall–Kier alpha value is -2.67. The predicted molar refractivity (Wildman–Crippen MR) is 91.9 cm³/mol. The molecule has 2 heterocycles. The zero-order chi connectivity index (χ0) is 17.3. The molecular weight excluding hydrogens is 308 g/mol. The first-order valence-corrected chi connectivity index (χ1v) is 7.84. The van der Waals surface area contributed by atoms with Crippen molar-refractivity contribution in [1.82, 2.24) is 14.8 Å². The Labute approximate surface area is 139 Å². The lowest BCUT2D eigenvalue weighted by molar-refractivity contribution is -0.142. The highest BCUT2D eigenvalue weighted by atomic mass is 16.2. The molecule has 3 rings (SSSR count). The van der Waals surface area contributed by atoms with Crippen molar-refractivity contribution >= 4 is 28.3 Å². The molecule has 7 nitrogen and oxygen atoms in total. The number of likely N-dealkylation sites (N-methyl/N-ethyl adjacent to an activating group) is 1. The molecule has 1 aromatic heterocycles. The summed E-state index contributed by atoms with van der Waals surface area (Å²) in [6.45, 7) is 1.15. The number of anilines is 1. The van der Waals surface area contributed by atoms with Crippen LogP contribution in [0.1, 0.15) is 6.42 Å². The molecule has 2 aromatic rings. The number of likely N-dealkylation sites (tertiary alicyclic amines) is 1. The molecule has 2 amide bonds. The first-order chi connectivity index (χ1) is 11.5. The van der Waals surface area contributed by atoms with E-state index >= 15 is 0 Å². The van der Waals surface area contributed by atoms with Gasteiger partial charge in [0.15, 0.2) is 0 Å². The first-order valence-electron chi connectivity index (χ1n) is 7.84. The number of hydrogen-bond donors (Lipinski definition) is 2. The predicted octanol–water partition coefficient (Wildman–Crippen LogP) is 0.629. The Balaban J connectivity index is 1.71. The van der Waals surface area contributed by atoms with Gasteiger partial charge in [0.2, 0.25) is 0 Å². The molecule has 0 bridgehead atoms. The van der Waals surface area contributed by atoms with Crippen LogP contribution in [-0.2, 0) is 9.59 Å². The molecule has 0 saturated carbocycles. The lowest BCUT2D eigenvalue weighted by Crippen LogP contribution is -2.40. The molecule has 0 spiro atoms. The van der Waals surface area contributed by atoms with Gasteiger partial charge in [-0.3, -0.25) is 14.4 Å². The van der Waals surface area contributed by atoms with Crippen molar-refractivity contribution in [1.29, 1.82) is 0 Å². The van der Waals surface area contributed by atoms with E-state index in [1.165, 1.54) is 0 Å². The van der Waals surface area contributed by atoms with Gasteiger partial charge in [0.25, 0.3) is 5.56 Å². The van der Waals surface area contributed by atoms with Gasteiger partial charge in [0.05, 0.1) is 0 Å². The van der Waals surface area contributed by atoms with Crippen LogP contribution in [0, 0.1) is 0 Å². The first kappa shape index (κ1) is 16.2. The molecule has 1 aliphatic rings. The molecule has 1 unspecified atom stereocenters. The standard InChI is InChI=1S/C17H20N4O3/c1-20(2)13-6-8-21(10-13)17(24)16(23)19-12-3-4-14-11(9-12)5-7-18-15(14)22/h3-5,7,9,13H,6,8,10H2,1-2H3,(H,18,22)(H,19,23). The number of aromatic amines is 1. The fourth-order valence-corrected chi connectivity index (χ4v) is 2.95. The van der Waals surface area contributed by atoms with E-state index in [4.69, 9.17) is 0 Å². The van der Waals surface area contributed by atoms with Crippen molar-refractivity contribution in [2.75, 3.05) is 32.5 Å². The van der Waals surface area contributed by atoms with Gasteiger partial charge in [-0.1, -0.05) is 0 Å². The zero-order valence-electron chi connectivity index (χ0n) is 13.7. The van der Waals surface area contributed by atoms with Crippen LogP contribution in [0.4, 0.5) is 5.69 Å². The second kappa shape index (κ2) is 6.45. The van der Waals surface area contributed by atoms with E-state index in [9.17, 15) is 14.4 Å². The number of rotatable bonds is 2. The highest BCUT2D eigenvalue weighted by Crippen LogP contribution is 2.17. The number of aromatic nitrogens is 1. The van der Waals surface area contributed by atoms with Crippen LogP contribution in [0.5, 0.6) is 0 Å². The fourth-order valence-electron chi connectivity index (χ4n) is 2.95. The number of pyridine rings is 1. The summed E-state index contributed by atoms with van der Waals surface area (Å²) in [6.07, 6.45) is 2.41. The lowest BCUT2D eigenvalue weighted by atomic mass is 10.1. The lowest BCUT2D eigenvalue weighted by Gasteiger charge is -2.20. The van der Waals surface area contributed by atoms with Crippen LogP contribution in [-0.4, -0.2) is 59.8 Å². The summed E-state index contributed by atoms with van der Waals surface area (Å²) in [5, 5.41) is 3.86. The van der Waals surface area contributed by atoms with Gasteiger partial charge in [0, 0.05) is 36.4 Å². The van der Waals surface area contributed by atoms with Crippen LogP contribution in [0.25, 0.3) is 10.8 Å². The topological polar surface area (TPSA) is 85.5 Å². The average Bonchev–Trinajstić information content (AvgIpc) is 3.04. The maximum Gasteiger partial charge on any atom is 0.313 e. The van der Waals surface area contributed by atoms with Gasteiger partial charge >= 0.3 is 11.8 Å². The summed E-state index contributed by atoms with van der Waals surface area (Å²) in [5.41, 5.74) is 0.308. The number of hydrogen-bond acceptors (Lipinski definition) is 4. The average molecular weight is 328 g/mol. The van der Waals surface area contributed by atoms with Gasteiger partial charge in [0.1, 0.15) is 0 Å². The minimum atomic E-state index is -0.654. The van der Waals surface area contributed by atoms with Crippen LogP contribution in [0.15, 0.2) is 35.3 Å². The second-order valence-corrected chi connectivity index (χ2v) is 6.22. The summed E-state index contributed by atoms with van der Waals surface area (Å²) >= 11 is 0. The quantitative estimate of drug-likeness (QED) is 0.792. The zero-order valence-corrected chi connectivity index (χ0v) is 13.7. The van der Waals surface area contributed by atoms with Crippen molar-refractivity contribution in [3.8, 4) is 0 Å². The Morgan fingerprint density at radius 1 is 1.29 bits per heavy atom. The van der Waals surface area contributed by atoms with Crippen molar-refractivity contribution in [3.05, 3.63) is 40.8 Å². The molecule has 24 heavy (non-hydrogen) atoms. The molecule has 1 saturated heterocycles. The largest absolute Gasteiger partial charge is 0.333 e. The number of amides is 2. The van der Waals surface area contributed by atoms with Crippen molar-refractivity contribution in [2.45, 2.75) is 12.5 Å². The van der Waals surface area contributed by atoms with Crippen LogP contribution in [0.3, 0.4) is 0 Å². The van der Waals surface area contributed by atoms with Gasteiger partial charge in [-0.25, -0.2) is 0 Å². The number of fused-ring (bicyclic) bond motifs is 1. The maximum absolute atomic E-state index is 12.3. The minimum absolute atomic E-state index is 0.187. The number of nitrogens with one attached hydrogen (secondary N) is 2. The summed E-state index contributed by atoms with van der Waals surface area (Å²) in [7, 11) is 3.94. The van der Waals surface area contributed by atoms with Gasteiger partial charge in [-0.15, -0.1) is 0 Å². The molecule has 1 fully saturated rings.